The summed E-state index contributed by atoms with van der Waals surface area (Å²) >= 11 is 0. The van der Waals surface area contributed by atoms with Gasteiger partial charge in [-0.15, -0.1) is 0 Å². The van der Waals surface area contributed by atoms with E-state index < -0.39 is 11.9 Å². The average Bonchev–Trinajstić information content (AvgIpc) is 2.61. The van der Waals surface area contributed by atoms with E-state index in [1.165, 1.54) is 13.2 Å². The molecule has 2 rings (SSSR count). The largest absolute Gasteiger partial charge is 0.469 e. The van der Waals surface area contributed by atoms with Crippen LogP contribution in [-0.2, 0) is 16.0 Å². The molecule has 0 aromatic heterocycles. The molecule has 0 N–H and O–H groups in total. The van der Waals surface area contributed by atoms with Gasteiger partial charge in [-0.25, -0.2) is 4.39 Å². The van der Waals surface area contributed by atoms with Crippen molar-refractivity contribution < 1.29 is 13.9 Å². The number of benzene rings is 2. The molecule has 0 amide bonds. The Balaban J connectivity index is 2.13. The fraction of sp³-hybridized carbons (Fsp3) is 0.278. The lowest BCUT2D eigenvalue weighted by molar-refractivity contribution is -0.140. The predicted molar refractivity (Wildman–Crippen MR) is 88.8 cm³/mol. The van der Waals surface area contributed by atoms with Crippen LogP contribution >= 0.6 is 0 Å². The third kappa shape index (κ3) is 4.57. The van der Waals surface area contributed by atoms with E-state index in [1.54, 1.807) is 18.2 Å². The summed E-state index contributed by atoms with van der Waals surface area (Å²) < 4.78 is 18.6. The van der Waals surface area contributed by atoms with Gasteiger partial charge in [0.05, 0.1) is 13.2 Å². The Labute approximate surface area is 139 Å². The zero-order chi connectivity index (χ0) is 17.4. The number of hydrogen-bond acceptors (Lipinski definition) is 3. The van der Waals surface area contributed by atoms with E-state index in [0.717, 1.165) is 17.5 Å². The molecular formula is C18H18FN3O2. The van der Waals surface area contributed by atoms with E-state index in [2.05, 4.69) is 14.8 Å². The maximum atomic E-state index is 14.0. The molecule has 0 aliphatic heterocycles. The van der Waals surface area contributed by atoms with E-state index in [9.17, 15) is 9.18 Å². The van der Waals surface area contributed by atoms with Gasteiger partial charge in [-0.05, 0) is 35.6 Å². The SMILES string of the molecule is COC(=O)CCCc1ccc(C(N=[N+]=[N-])c2ccccc2F)cc1. The van der Waals surface area contributed by atoms with Crippen molar-refractivity contribution in [2.24, 2.45) is 5.11 Å². The third-order valence-corrected chi connectivity index (χ3v) is 3.74. The van der Waals surface area contributed by atoms with Crippen LogP contribution in [0.5, 0.6) is 0 Å². The Kier molecular flexibility index (Phi) is 6.34. The first-order valence-electron chi connectivity index (χ1n) is 7.60. The molecular weight excluding hydrogens is 309 g/mol. The number of esters is 1. The fourth-order valence-electron chi connectivity index (χ4n) is 2.46. The Morgan fingerprint density at radius 1 is 1.25 bits per heavy atom. The van der Waals surface area contributed by atoms with Gasteiger partial charge in [-0.1, -0.05) is 47.6 Å². The van der Waals surface area contributed by atoms with Crippen molar-refractivity contribution in [3.05, 3.63) is 81.5 Å². The molecule has 2 aromatic carbocycles. The van der Waals surface area contributed by atoms with Crippen molar-refractivity contribution in [1.29, 1.82) is 0 Å². The fourth-order valence-corrected chi connectivity index (χ4v) is 2.46. The minimum absolute atomic E-state index is 0.227. The number of carbonyl (C=O) groups excluding carboxylic acids is 1. The number of ether oxygens (including phenoxy) is 1. The number of rotatable bonds is 7. The summed E-state index contributed by atoms with van der Waals surface area (Å²) in [5.74, 6) is -0.633. The first-order chi connectivity index (χ1) is 11.7. The number of methoxy groups -OCH3 is 1. The molecule has 0 bridgehead atoms. The summed E-state index contributed by atoms with van der Waals surface area (Å²) in [7, 11) is 1.37. The first kappa shape index (κ1) is 17.5. The second-order valence-electron chi connectivity index (χ2n) is 5.30. The Bertz CT molecular complexity index is 740. The van der Waals surface area contributed by atoms with E-state index in [-0.39, 0.29) is 5.97 Å². The zero-order valence-electron chi connectivity index (χ0n) is 13.4. The Morgan fingerprint density at radius 3 is 2.58 bits per heavy atom. The molecule has 5 nitrogen and oxygen atoms in total. The number of hydrogen-bond donors (Lipinski definition) is 0. The number of azide groups is 1. The molecule has 0 fully saturated rings. The molecule has 24 heavy (non-hydrogen) atoms. The van der Waals surface area contributed by atoms with Gasteiger partial charge in [0.1, 0.15) is 5.82 Å². The summed E-state index contributed by atoms with van der Waals surface area (Å²) in [4.78, 5) is 13.9. The summed E-state index contributed by atoms with van der Waals surface area (Å²) in [5.41, 5.74) is 10.9. The number of aryl methyl sites for hydroxylation is 1. The molecule has 0 spiro atoms. The second kappa shape index (κ2) is 8.70. The Hall–Kier alpha value is -2.85. The monoisotopic (exact) mass is 327 g/mol. The van der Waals surface area contributed by atoms with Crippen molar-refractivity contribution in [3.63, 3.8) is 0 Å². The Morgan fingerprint density at radius 2 is 1.96 bits per heavy atom. The number of nitrogens with zero attached hydrogens (tertiary/aromatic N) is 3. The molecule has 0 aliphatic carbocycles. The summed E-state index contributed by atoms with van der Waals surface area (Å²) in [6.07, 6.45) is 1.80. The molecule has 0 radical (unpaired) electrons. The topological polar surface area (TPSA) is 75.1 Å². The summed E-state index contributed by atoms with van der Waals surface area (Å²) in [5, 5.41) is 3.73. The molecule has 0 saturated heterocycles. The highest BCUT2D eigenvalue weighted by molar-refractivity contribution is 5.69. The van der Waals surface area contributed by atoms with E-state index in [4.69, 9.17) is 5.53 Å². The van der Waals surface area contributed by atoms with E-state index in [0.29, 0.717) is 18.4 Å². The molecule has 6 heteroatoms. The van der Waals surface area contributed by atoms with Crippen LogP contribution in [0.25, 0.3) is 10.4 Å². The zero-order valence-corrected chi connectivity index (χ0v) is 13.4. The number of halogens is 1. The lowest BCUT2D eigenvalue weighted by Crippen LogP contribution is -2.02. The van der Waals surface area contributed by atoms with Crippen LogP contribution in [0, 0.1) is 5.82 Å². The minimum Gasteiger partial charge on any atom is -0.469 e. The smallest absolute Gasteiger partial charge is 0.305 e. The van der Waals surface area contributed by atoms with Gasteiger partial charge in [0, 0.05) is 16.9 Å². The van der Waals surface area contributed by atoms with Crippen LogP contribution in [0.4, 0.5) is 4.39 Å². The van der Waals surface area contributed by atoms with Crippen molar-refractivity contribution in [3.8, 4) is 0 Å². The van der Waals surface area contributed by atoms with Crippen LogP contribution < -0.4 is 0 Å². The standard InChI is InChI=1S/C18H18FN3O2/c1-24-17(23)8-4-5-13-9-11-14(12-10-13)18(21-22-20)15-6-2-3-7-16(15)19/h2-3,6-7,9-12,18H,4-5,8H2,1H3. The highest BCUT2D eigenvalue weighted by Gasteiger charge is 2.16. The molecule has 0 aliphatic rings. The van der Waals surface area contributed by atoms with Crippen LogP contribution in [0.3, 0.4) is 0 Å². The average molecular weight is 327 g/mol. The predicted octanol–water partition coefficient (Wildman–Crippen LogP) is 4.72. The van der Waals surface area contributed by atoms with Crippen LogP contribution in [-0.4, -0.2) is 13.1 Å². The lowest BCUT2D eigenvalue weighted by atomic mass is 9.97. The van der Waals surface area contributed by atoms with Crippen molar-refractivity contribution in [2.75, 3.05) is 7.11 Å². The van der Waals surface area contributed by atoms with Gasteiger partial charge in [0.15, 0.2) is 0 Å². The second-order valence-corrected chi connectivity index (χ2v) is 5.30. The summed E-state index contributed by atoms with van der Waals surface area (Å²) in [6, 6.07) is 13.0. The van der Waals surface area contributed by atoms with Crippen LogP contribution in [0.2, 0.25) is 0 Å². The quantitative estimate of drug-likeness (QED) is 0.319. The van der Waals surface area contributed by atoms with Gasteiger partial charge in [0.25, 0.3) is 0 Å². The van der Waals surface area contributed by atoms with Crippen LogP contribution in [0.15, 0.2) is 53.6 Å². The van der Waals surface area contributed by atoms with Crippen molar-refractivity contribution >= 4 is 5.97 Å². The van der Waals surface area contributed by atoms with E-state index in [1.807, 2.05) is 24.3 Å². The van der Waals surface area contributed by atoms with Crippen molar-refractivity contribution in [2.45, 2.75) is 25.3 Å². The molecule has 0 heterocycles. The highest BCUT2D eigenvalue weighted by Crippen LogP contribution is 2.28. The summed E-state index contributed by atoms with van der Waals surface area (Å²) in [6.45, 7) is 0. The molecule has 124 valence electrons. The number of carbonyl (C=O) groups is 1. The third-order valence-electron chi connectivity index (χ3n) is 3.74. The lowest BCUT2D eigenvalue weighted by Gasteiger charge is -2.13. The minimum atomic E-state index is -0.708. The normalized spacial score (nSPS) is 11.4. The van der Waals surface area contributed by atoms with Gasteiger partial charge < -0.3 is 4.74 Å². The first-order valence-corrected chi connectivity index (χ1v) is 7.60. The molecule has 0 saturated carbocycles. The molecule has 1 atom stereocenters. The van der Waals surface area contributed by atoms with Crippen molar-refractivity contribution in [1.82, 2.24) is 0 Å². The van der Waals surface area contributed by atoms with Gasteiger partial charge in [0.2, 0.25) is 0 Å². The van der Waals surface area contributed by atoms with Gasteiger partial charge >= 0.3 is 5.97 Å². The van der Waals surface area contributed by atoms with Gasteiger partial charge in [-0.2, -0.15) is 0 Å². The molecule has 2 aromatic rings. The van der Waals surface area contributed by atoms with Gasteiger partial charge in [-0.3, -0.25) is 4.79 Å². The maximum Gasteiger partial charge on any atom is 0.305 e. The highest BCUT2D eigenvalue weighted by atomic mass is 19.1. The molecule has 1 unspecified atom stereocenters. The maximum absolute atomic E-state index is 14.0. The van der Waals surface area contributed by atoms with Crippen LogP contribution in [0.1, 0.15) is 35.6 Å². The van der Waals surface area contributed by atoms with E-state index >= 15 is 0 Å².